The Balaban J connectivity index is 1.70. The molecule has 0 saturated carbocycles. The minimum absolute atomic E-state index is 0.135. The second-order valence-electron chi connectivity index (χ2n) is 5.93. The average molecular weight is 289 g/mol. The van der Waals surface area contributed by atoms with E-state index in [1.54, 1.807) is 0 Å². The number of aryl methyl sites for hydroxylation is 1. The third-order valence-corrected chi connectivity index (χ3v) is 4.24. The van der Waals surface area contributed by atoms with E-state index in [9.17, 15) is 4.79 Å². The van der Waals surface area contributed by atoms with Gasteiger partial charge in [0.25, 0.3) is 0 Å². The van der Waals surface area contributed by atoms with Gasteiger partial charge in [0.2, 0.25) is 5.91 Å². The highest BCUT2D eigenvalue weighted by atomic mass is 16.5. The molecule has 1 unspecified atom stereocenters. The second-order valence-corrected chi connectivity index (χ2v) is 5.93. The van der Waals surface area contributed by atoms with Crippen molar-refractivity contribution in [2.45, 2.75) is 25.9 Å². The number of carbonyl (C=O) groups is 1. The molecule has 1 amide bonds. The van der Waals surface area contributed by atoms with Gasteiger partial charge in [-0.25, -0.2) is 0 Å². The van der Waals surface area contributed by atoms with Crippen molar-refractivity contribution in [1.82, 2.24) is 4.90 Å². The molecular weight excluding hydrogens is 266 g/mol. The molecule has 5 heteroatoms. The number of amides is 1. The number of nitrogen functional groups attached to an aromatic ring is 1. The number of fused-ring (bicyclic) bond motifs is 1. The van der Waals surface area contributed by atoms with Crippen LogP contribution in [0.1, 0.15) is 18.9 Å². The monoisotopic (exact) mass is 289 g/mol. The SMILES string of the molecule is CC1CN(C(=O)CN2CCCc3cc(N)ccc32)CCO1. The fourth-order valence-corrected chi connectivity index (χ4v) is 3.17. The van der Waals surface area contributed by atoms with Gasteiger partial charge in [-0.3, -0.25) is 4.79 Å². The molecule has 1 atom stereocenters. The third-order valence-electron chi connectivity index (χ3n) is 4.24. The number of rotatable bonds is 2. The Bertz CT molecular complexity index is 532. The Kier molecular flexibility index (Phi) is 4.01. The molecule has 2 aliphatic rings. The van der Waals surface area contributed by atoms with Crippen LogP contribution in [0.3, 0.4) is 0 Å². The van der Waals surface area contributed by atoms with Crippen LogP contribution in [-0.4, -0.2) is 49.7 Å². The molecule has 114 valence electrons. The number of benzene rings is 1. The van der Waals surface area contributed by atoms with Crippen LogP contribution in [0, 0.1) is 0 Å². The molecule has 3 rings (SSSR count). The summed E-state index contributed by atoms with van der Waals surface area (Å²) in [5, 5.41) is 0. The molecule has 1 fully saturated rings. The molecule has 0 aromatic heterocycles. The van der Waals surface area contributed by atoms with Gasteiger partial charge in [0.05, 0.1) is 19.3 Å². The molecule has 0 radical (unpaired) electrons. The van der Waals surface area contributed by atoms with E-state index in [1.807, 2.05) is 30.0 Å². The fraction of sp³-hybridized carbons (Fsp3) is 0.562. The van der Waals surface area contributed by atoms with E-state index in [0.29, 0.717) is 26.2 Å². The summed E-state index contributed by atoms with van der Waals surface area (Å²) in [7, 11) is 0. The predicted octanol–water partition coefficient (Wildman–Crippen LogP) is 1.27. The maximum absolute atomic E-state index is 12.5. The highest BCUT2D eigenvalue weighted by molar-refractivity contribution is 5.82. The largest absolute Gasteiger partial charge is 0.399 e. The van der Waals surface area contributed by atoms with Crippen LogP contribution in [0.4, 0.5) is 11.4 Å². The number of hydrogen-bond acceptors (Lipinski definition) is 4. The van der Waals surface area contributed by atoms with Crippen LogP contribution >= 0.6 is 0 Å². The molecule has 0 bridgehead atoms. The second kappa shape index (κ2) is 5.93. The Hall–Kier alpha value is -1.75. The molecule has 1 aromatic rings. The van der Waals surface area contributed by atoms with Crippen molar-refractivity contribution in [3.8, 4) is 0 Å². The Morgan fingerprint density at radius 1 is 1.43 bits per heavy atom. The van der Waals surface area contributed by atoms with E-state index in [2.05, 4.69) is 4.90 Å². The van der Waals surface area contributed by atoms with Gasteiger partial charge in [-0.2, -0.15) is 0 Å². The van der Waals surface area contributed by atoms with Crippen LogP contribution in [0.5, 0.6) is 0 Å². The number of nitrogens with zero attached hydrogens (tertiary/aromatic N) is 2. The smallest absolute Gasteiger partial charge is 0.242 e. The Labute approximate surface area is 125 Å². The zero-order valence-corrected chi connectivity index (χ0v) is 12.5. The van der Waals surface area contributed by atoms with E-state index in [0.717, 1.165) is 30.8 Å². The zero-order valence-electron chi connectivity index (χ0n) is 12.5. The van der Waals surface area contributed by atoms with Crippen LogP contribution < -0.4 is 10.6 Å². The van der Waals surface area contributed by atoms with E-state index in [4.69, 9.17) is 10.5 Å². The van der Waals surface area contributed by atoms with E-state index < -0.39 is 0 Å². The first-order valence-electron chi connectivity index (χ1n) is 7.66. The van der Waals surface area contributed by atoms with Crippen molar-refractivity contribution < 1.29 is 9.53 Å². The van der Waals surface area contributed by atoms with Gasteiger partial charge in [0.15, 0.2) is 0 Å². The van der Waals surface area contributed by atoms with Crippen LogP contribution in [0.25, 0.3) is 0 Å². The predicted molar refractivity (Wildman–Crippen MR) is 83.4 cm³/mol. The van der Waals surface area contributed by atoms with Crippen molar-refractivity contribution in [3.63, 3.8) is 0 Å². The number of anilines is 2. The summed E-state index contributed by atoms with van der Waals surface area (Å²) in [6, 6.07) is 5.99. The minimum atomic E-state index is 0.135. The molecule has 21 heavy (non-hydrogen) atoms. The molecule has 2 heterocycles. The molecule has 1 saturated heterocycles. The van der Waals surface area contributed by atoms with E-state index >= 15 is 0 Å². The lowest BCUT2D eigenvalue weighted by Gasteiger charge is -2.35. The van der Waals surface area contributed by atoms with Gasteiger partial charge in [0, 0.05) is 31.0 Å². The highest BCUT2D eigenvalue weighted by Crippen LogP contribution is 2.28. The lowest BCUT2D eigenvalue weighted by atomic mass is 10.0. The Morgan fingerprint density at radius 2 is 2.29 bits per heavy atom. The quantitative estimate of drug-likeness (QED) is 0.833. The van der Waals surface area contributed by atoms with Crippen LogP contribution in [0.15, 0.2) is 18.2 Å². The minimum Gasteiger partial charge on any atom is -0.399 e. The lowest BCUT2D eigenvalue weighted by molar-refractivity contribution is -0.136. The third kappa shape index (κ3) is 3.13. The standard InChI is InChI=1S/C16H23N3O2/c1-12-10-19(7-8-21-12)16(20)11-18-6-2-3-13-9-14(17)4-5-15(13)18/h4-5,9,12H,2-3,6-8,10-11,17H2,1H3. The van der Waals surface area contributed by atoms with Crippen molar-refractivity contribution >= 4 is 17.3 Å². The molecule has 5 nitrogen and oxygen atoms in total. The molecule has 2 N–H and O–H groups in total. The van der Waals surface area contributed by atoms with Gasteiger partial charge >= 0.3 is 0 Å². The topological polar surface area (TPSA) is 58.8 Å². The van der Waals surface area contributed by atoms with Gasteiger partial charge in [0.1, 0.15) is 0 Å². The van der Waals surface area contributed by atoms with E-state index in [1.165, 1.54) is 5.56 Å². The van der Waals surface area contributed by atoms with Crippen molar-refractivity contribution in [2.75, 3.05) is 43.4 Å². The van der Waals surface area contributed by atoms with E-state index in [-0.39, 0.29) is 12.0 Å². The molecule has 1 aromatic carbocycles. The Morgan fingerprint density at radius 3 is 3.10 bits per heavy atom. The maximum Gasteiger partial charge on any atom is 0.242 e. The van der Waals surface area contributed by atoms with Crippen LogP contribution in [-0.2, 0) is 16.0 Å². The summed E-state index contributed by atoms with van der Waals surface area (Å²) in [5.41, 5.74) is 9.06. The normalized spacial score (nSPS) is 22.0. The number of morpholine rings is 1. The first-order valence-corrected chi connectivity index (χ1v) is 7.66. The summed E-state index contributed by atoms with van der Waals surface area (Å²) in [4.78, 5) is 16.6. The van der Waals surface area contributed by atoms with Crippen LogP contribution in [0.2, 0.25) is 0 Å². The van der Waals surface area contributed by atoms with Gasteiger partial charge in [-0.05, 0) is 43.5 Å². The first kappa shape index (κ1) is 14.2. The summed E-state index contributed by atoms with van der Waals surface area (Å²) >= 11 is 0. The fourth-order valence-electron chi connectivity index (χ4n) is 3.17. The highest BCUT2D eigenvalue weighted by Gasteiger charge is 2.25. The molecule has 0 aliphatic carbocycles. The van der Waals surface area contributed by atoms with Crippen molar-refractivity contribution in [2.24, 2.45) is 0 Å². The molecule has 0 spiro atoms. The van der Waals surface area contributed by atoms with Gasteiger partial charge < -0.3 is 20.3 Å². The number of ether oxygens (including phenoxy) is 1. The van der Waals surface area contributed by atoms with Gasteiger partial charge in [-0.1, -0.05) is 0 Å². The van der Waals surface area contributed by atoms with Crippen molar-refractivity contribution in [1.29, 1.82) is 0 Å². The van der Waals surface area contributed by atoms with Crippen molar-refractivity contribution in [3.05, 3.63) is 23.8 Å². The molecular formula is C16H23N3O2. The summed E-state index contributed by atoms with van der Waals surface area (Å²) < 4.78 is 5.50. The summed E-state index contributed by atoms with van der Waals surface area (Å²) in [6.07, 6.45) is 2.25. The maximum atomic E-state index is 12.5. The first-order chi connectivity index (χ1) is 10.1. The summed E-state index contributed by atoms with van der Waals surface area (Å²) in [5.74, 6) is 0.190. The number of nitrogens with two attached hydrogens (primary N) is 1. The number of carbonyl (C=O) groups excluding carboxylic acids is 1. The van der Waals surface area contributed by atoms with Gasteiger partial charge in [-0.15, -0.1) is 0 Å². The zero-order chi connectivity index (χ0) is 14.8. The number of hydrogen-bond donors (Lipinski definition) is 1. The summed E-state index contributed by atoms with van der Waals surface area (Å²) in [6.45, 7) is 5.43. The average Bonchev–Trinajstić information content (AvgIpc) is 2.47. The molecule has 2 aliphatic heterocycles. The lowest BCUT2D eigenvalue weighted by Crippen LogP contribution is -2.49.